The van der Waals surface area contributed by atoms with E-state index in [4.69, 9.17) is 4.74 Å². The minimum atomic E-state index is -1.49. The highest BCUT2D eigenvalue weighted by molar-refractivity contribution is 5.81. The normalized spacial score (nSPS) is 12.9. The van der Waals surface area contributed by atoms with Gasteiger partial charge < -0.3 is 4.74 Å². The van der Waals surface area contributed by atoms with Crippen molar-refractivity contribution in [3.05, 3.63) is 12.7 Å². The van der Waals surface area contributed by atoms with Crippen LogP contribution in [0.15, 0.2) is 12.7 Å². The van der Waals surface area contributed by atoms with Crippen LogP contribution in [-0.2, 0) is 9.53 Å². The number of hydrogen-bond donors (Lipinski definition) is 0. The minimum Gasteiger partial charge on any atom is -0.428 e. The fraction of sp³-hybridized carbons (Fsp3) is 0.914. The third kappa shape index (κ3) is 28.2. The number of carbonyl (C=O) groups excluding carboxylic acids is 1. The minimum absolute atomic E-state index is 0.319. The molecule has 0 heterocycles. The molecule has 0 aromatic rings. The van der Waals surface area contributed by atoms with Gasteiger partial charge in [0.1, 0.15) is 0 Å². The van der Waals surface area contributed by atoms with Gasteiger partial charge in [0.2, 0.25) is 6.36 Å². The summed E-state index contributed by atoms with van der Waals surface area (Å²) >= 11 is 0. The Balaban J connectivity index is 3.74. The molecule has 2 atom stereocenters. The van der Waals surface area contributed by atoms with E-state index in [-0.39, 0.29) is 0 Å². The first kappa shape index (κ1) is 37.1. The summed E-state index contributed by atoms with van der Waals surface area (Å²) in [5, 5.41) is 0. The molecule has 38 heavy (non-hydrogen) atoms. The average Bonchev–Trinajstić information content (AvgIpc) is 2.91. The highest BCUT2D eigenvalue weighted by Crippen LogP contribution is 2.25. The second kappa shape index (κ2) is 30.7. The first-order chi connectivity index (χ1) is 18.6. The number of ether oxygens (including phenoxy) is 1. The smallest absolute Gasteiger partial charge is 0.332 e. The number of rotatable bonds is 31. The molecule has 0 aromatic heterocycles. The Kier molecular flexibility index (Phi) is 30.0. The van der Waals surface area contributed by atoms with Crippen LogP contribution in [0.25, 0.3) is 0 Å². The summed E-state index contributed by atoms with van der Waals surface area (Å²) in [6.07, 6.45) is 35.9. The summed E-state index contributed by atoms with van der Waals surface area (Å²) in [5.74, 6) is -0.334. The van der Waals surface area contributed by atoms with Crippen molar-refractivity contribution in [1.29, 1.82) is 0 Å². The molecule has 3 heteroatoms. The van der Waals surface area contributed by atoms with Gasteiger partial charge in [-0.1, -0.05) is 194 Å². The summed E-state index contributed by atoms with van der Waals surface area (Å²) in [5.41, 5.74) is 0. The van der Waals surface area contributed by atoms with E-state index >= 15 is 0 Å². The van der Waals surface area contributed by atoms with Gasteiger partial charge in [-0.2, -0.15) is 0 Å². The van der Waals surface area contributed by atoms with Crippen LogP contribution in [0.1, 0.15) is 194 Å². The molecular weight excluding hydrogens is 471 g/mol. The number of alkyl halides is 1. The van der Waals surface area contributed by atoms with Crippen LogP contribution in [0.4, 0.5) is 4.39 Å². The van der Waals surface area contributed by atoms with E-state index in [2.05, 4.69) is 20.4 Å². The quantitative estimate of drug-likeness (QED) is 0.0498. The van der Waals surface area contributed by atoms with E-state index in [0.29, 0.717) is 12.3 Å². The standard InChI is InChI=1S/C35H67FO2/c1-4-7-9-11-13-14-15-16-17-18-19-20-21-22-23-25-27-29-31-33(32-34(36)38-35(37)6-3)30-28-26-24-12-10-8-5-2/h6,33-34H,3-5,7-32H2,1-2H3. The molecule has 2 nitrogen and oxygen atoms in total. The van der Waals surface area contributed by atoms with E-state index < -0.39 is 12.3 Å². The van der Waals surface area contributed by atoms with Crippen molar-refractivity contribution in [3.8, 4) is 0 Å². The predicted molar refractivity (Wildman–Crippen MR) is 165 cm³/mol. The zero-order valence-corrected chi connectivity index (χ0v) is 25.9. The molecule has 0 amide bonds. The Labute approximate surface area is 238 Å². The summed E-state index contributed by atoms with van der Waals surface area (Å²) in [7, 11) is 0. The SMILES string of the molecule is C=CC(=O)OC(F)CC(CCCCCCCCC)CCCCCCCCCCCCCCCCCCCC. The van der Waals surface area contributed by atoms with Crippen LogP contribution in [0.3, 0.4) is 0 Å². The highest BCUT2D eigenvalue weighted by Gasteiger charge is 2.18. The molecule has 0 bridgehead atoms. The van der Waals surface area contributed by atoms with E-state index in [1.54, 1.807) is 0 Å². The lowest BCUT2D eigenvalue weighted by molar-refractivity contribution is -0.153. The molecule has 0 saturated heterocycles. The number of esters is 1. The van der Waals surface area contributed by atoms with Crippen molar-refractivity contribution in [2.45, 2.75) is 200 Å². The molecule has 0 rings (SSSR count). The van der Waals surface area contributed by atoms with Crippen LogP contribution in [-0.4, -0.2) is 12.3 Å². The molecule has 0 aliphatic carbocycles. The van der Waals surface area contributed by atoms with Crippen molar-refractivity contribution in [3.63, 3.8) is 0 Å². The fourth-order valence-electron chi connectivity index (χ4n) is 5.59. The Hall–Kier alpha value is -0.860. The second-order valence-electron chi connectivity index (χ2n) is 11.9. The van der Waals surface area contributed by atoms with Gasteiger partial charge in [-0.3, -0.25) is 0 Å². The topological polar surface area (TPSA) is 26.3 Å². The molecular formula is C35H67FO2. The van der Waals surface area contributed by atoms with Gasteiger partial charge in [0.15, 0.2) is 0 Å². The third-order valence-corrected chi connectivity index (χ3v) is 8.11. The van der Waals surface area contributed by atoms with Crippen LogP contribution in [0, 0.1) is 5.92 Å². The van der Waals surface area contributed by atoms with Gasteiger partial charge in [0, 0.05) is 12.5 Å². The maximum atomic E-state index is 14.2. The number of halogens is 1. The Bertz CT molecular complexity index is 492. The van der Waals surface area contributed by atoms with Crippen LogP contribution < -0.4 is 0 Å². The van der Waals surface area contributed by atoms with Crippen LogP contribution >= 0.6 is 0 Å². The van der Waals surface area contributed by atoms with Crippen LogP contribution in [0.2, 0.25) is 0 Å². The summed E-state index contributed by atoms with van der Waals surface area (Å²) in [6, 6.07) is 0. The molecule has 0 aliphatic rings. The molecule has 226 valence electrons. The molecule has 2 unspecified atom stereocenters. The van der Waals surface area contributed by atoms with Crippen molar-refractivity contribution in [1.82, 2.24) is 0 Å². The lowest BCUT2D eigenvalue weighted by atomic mass is 9.91. The van der Waals surface area contributed by atoms with Gasteiger partial charge in [-0.05, 0) is 5.92 Å². The fourth-order valence-corrected chi connectivity index (χ4v) is 5.59. The van der Waals surface area contributed by atoms with Crippen molar-refractivity contribution in [2.24, 2.45) is 5.92 Å². The predicted octanol–water partition coefficient (Wildman–Crippen LogP) is 12.6. The molecule has 0 saturated carbocycles. The highest BCUT2D eigenvalue weighted by atomic mass is 19.1. The summed E-state index contributed by atoms with van der Waals surface area (Å²) in [6.45, 7) is 7.91. The first-order valence-electron chi connectivity index (χ1n) is 17.1. The number of unbranched alkanes of at least 4 members (excludes halogenated alkanes) is 23. The van der Waals surface area contributed by atoms with Crippen molar-refractivity contribution < 1.29 is 13.9 Å². The average molecular weight is 539 g/mol. The van der Waals surface area contributed by atoms with Gasteiger partial charge in [0.25, 0.3) is 0 Å². The largest absolute Gasteiger partial charge is 0.428 e. The number of carbonyl (C=O) groups is 1. The number of hydrogen-bond acceptors (Lipinski definition) is 2. The first-order valence-corrected chi connectivity index (χ1v) is 17.1. The van der Waals surface area contributed by atoms with E-state index in [1.807, 2.05) is 0 Å². The van der Waals surface area contributed by atoms with Crippen molar-refractivity contribution in [2.75, 3.05) is 0 Å². The van der Waals surface area contributed by atoms with E-state index in [0.717, 1.165) is 25.3 Å². The summed E-state index contributed by atoms with van der Waals surface area (Å²) < 4.78 is 19.1. The second-order valence-corrected chi connectivity index (χ2v) is 11.9. The van der Waals surface area contributed by atoms with Gasteiger partial charge in [-0.25, -0.2) is 9.18 Å². The zero-order valence-electron chi connectivity index (χ0n) is 25.9. The van der Waals surface area contributed by atoms with Crippen LogP contribution in [0.5, 0.6) is 0 Å². The lowest BCUT2D eigenvalue weighted by Crippen LogP contribution is -2.16. The van der Waals surface area contributed by atoms with Gasteiger partial charge in [-0.15, -0.1) is 0 Å². The Morgan fingerprint density at radius 1 is 0.579 bits per heavy atom. The molecule has 0 fully saturated rings. The monoisotopic (exact) mass is 539 g/mol. The van der Waals surface area contributed by atoms with E-state index in [1.165, 1.54) is 154 Å². The molecule has 0 aliphatic heterocycles. The summed E-state index contributed by atoms with van der Waals surface area (Å²) in [4.78, 5) is 11.3. The Morgan fingerprint density at radius 2 is 0.868 bits per heavy atom. The Morgan fingerprint density at radius 3 is 1.16 bits per heavy atom. The molecule has 0 spiro atoms. The van der Waals surface area contributed by atoms with Gasteiger partial charge >= 0.3 is 5.97 Å². The molecule has 0 N–H and O–H groups in total. The van der Waals surface area contributed by atoms with E-state index in [9.17, 15) is 9.18 Å². The maximum Gasteiger partial charge on any atom is 0.332 e. The lowest BCUT2D eigenvalue weighted by Gasteiger charge is -2.19. The molecule has 0 radical (unpaired) electrons. The molecule has 0 aromatic carbocycles. The maximum absolute atomic E-state index is 14.2. The van der Waals surface area contributed by atoms with Gasteiger partial charge in [0.05, 0.1) is 0 Å². The van der Waals surface area contributed by atoms with Crippen molar-refractivity contribution >= 4 is 5.97 Å². The zero-order chi connectivity index (χ0) is 27.9. The third-order valence-electron chi connectivity index (χ3n) is 8.11.